The summed E-state index contributed by atoms with van der Waals surface area (Å²) in [4.78, 5) is 27.7. The zero-order valence-corrected chi connectivity index (χ0v) is 7.93. The van der Waals surface area contributed by atoms with Gasteiger partial charge in [-0.15, -0.1) is 0 Å². The molecule has 2 heterocycles. The third-order valence-corrected chi connectivity index (χ3v) is 2.13. The Kier molecular flexibility index (Phi) is 2.24. The topological polar surface area (TPSA) is 88.3 Å². The van der Waals surface area contributed by atoms with Crippen LogP contribution in [-0.2, 0) is 4.79 Å². The summed E-state index contributed by atoms with van der Waals surface area (Å²) in [6.07, 6.45) is 1.82. The van der Waals surface area contributed by atoms with Crippen LogP contribution in [0.25, 0.3) is 0 Å². The fraction of sp³-hybridized carbons (Fsp3) is 0.222. The molecule has 1 aliphatic heterocycles. The molecule has 6 heteroatoms. The molecular weight excluding hydrogens is 196 g/mol. The van der Waals surface area contributed by atoms with Crippen molar-refractivity contribution in [3.63, 3.8) is 0 Å². The molecule has 0 aliphatic carbocycles. The van der Waals surface area contributed by atoms with Gasteiger partial charge in [0, 0.05) is 25.2 Å². The number of nitrogen functional groups attached to an aromatic ring is 1. The number of carbonyl (C=O) groups excluding carboxylic acids is 2. The van der Waals surface area contributed by atoms with Crippen LogP contribution in [0.3, 0.4) is 0 Å². The minimum absolute atomic E-state index is 0.252. The largest absolute Gasteiger partial charge is 0.384 e. The summed E-state index contributed by atoms with van der Waals surface area (Å²) in [5.41, 5.74) is 6.15. The lowest BCUT2D eigenvalue weighted by Crippen LogP contribution is -2.49. The van der Waals surface area contributed by atoms with Crippen LogP contribution >= 0.6 is 0 Å². The summed E-state index contributed by atoms with van der Waals surface area (Å²) < 4.78 is 0. The molecule has 2 rings (SSSR count). The van der Waals surface area contributed by atoms with Gasteiger partial charge < -0.3 is 5.73 Å². The van der Waals surface area contributed by atoms with Crippen LogP contribution in [0.1, 0.15) is 6.42 Å². The number of nitrogens with one attached hydrogen (secondary N) is 1. The summed E-state index contributed by atoms with van der Waals surface area (Å²) in [6.45, 7) is 0.369. The highest BCUT2D eigenvalue weighted by Crippen LogP contribution is 2.17. The third kappa shape index (κ3) is 1.88. The van der Waals surface area contributed by atoms with Crippen molar-refractivity contribution >= 4 is 23.4 Å². The first-order valence-electron chi connectivity index (χ1n) is 4.50. The van der Waals surface area contributed by atoms with E-state index in [9.17, 15) is 9.59 Å². The van der Waals surface area contributed by atoms with Gasteiger partial charge in [0.25, 0.3) is 0 Å². The Balaban J connectivity index is 2.24. The Hall–Kier alpha value is -2.11. The molecule has 0 unspecified atom stereocenters. The van der Waals surface area contributed by atoms with Crippen LogP contribution in [0.2, 0.25) is 0 Å². The van der Waals surface area contributed by atoms with Crippen LogP contribution in [0.5, 0.6) is 0 Å². The van der Waals surface area contributed by atoms with Crippen molar-refractivity contribution in [1.29, 1.82) is 0 Å². The average Bonchev–Trinajstić information content (AvgIpc) is 2.17. The molecule has 1 aromatic rings. The Labute approximate surface area is 86.1 Å². The lowest BCUT2D eigenvalue weighted by Gasteiger charge is -2.26. The Morgan fingerprint density at radius 1 is 1.47 bits per heavy atom. The highest BCUT2D eigenvalue weighted by Gasteiger charge is 2.24. The molecule has 1 fully saturated rings. The maximum atomic E-state index is 11.4. The number of pyridine rings is 1. The second-order valence-electron chi connectivity index (χ2n) is 3.19. The summed E-state index contributed by atoms with van der Waals surface area (Å²) in [7, 11) is 0. The zero-order valence-electron chi connectivity index (χ0n) is 7.93. The predicted molar refractivity (Wildman–Crippen MR) is 54.2 cm³/mol. The number of rotatable bonds is 1. The second-order valence-corrected chi connectivity index (χ2v) is 3.19. The van der Waals surface area contributed by atoms with Crippen molar-refractivity contribution in [2.45, 2.75) is 6.42 Å². The van der Waals surface area contributed by atoms with Crippen molar-refractivity contribution in [3.05, 3.63) is 18.3 Å². The van der Waals surface area contributed by atoms with E-state index in [0.29, 0.717) is 24.5 Å². The molecule has 0 saturated carbocycles. The fourth-order valence-corrected chi connectivity index (χ4v) is 1.41. The lowest BCUT2D eigenvalue weighted by molar-refractivity contribution is -0.120. The van der Waals surface area contributed by atoms with E-state index in [1.54, 1.807) is 12.1 Å². The number of amides is 3. The number of urea groups is 1. The second kappa shape index (κ2) is 3.56. The van der Waals surface area contributed by atoms with Gasteiger partial charge in [0.15, 0.2) is 0 Å². The average molecular weight is 206 g/mol. The number of nitrogens with two attached hydrogens (primary N) is 1. The minimum Gasteiger partial charge on any atom is -0.384 e. The molecular formula is C9H10N4O2. The van der Waals surface area contributed by atoms with Crippen LogP contribution in [0.15, 0.2) is 18.3 Å². The first-order valence-corrected chi connectivity index (χ1v) is 4.50. The van der Waals surface area contributed by atoms with Crippen molar-refractivity contribution in [3.8, 4) is 0 Å². The predicted octanol–water partition coefficient (Wildman–Crippen LogP) is 0.110. The number of aromatic nitrogens is 1. The van der Waals surface area contributed by atoms with Gasteiger partial charge in [0.2, 0.25) is 5.91 Å². The highest BCUT2D eigenvalue weighted by atomic mass is 16.2. The van der Waals surface area contributed by atoms with Crippen molar-refractivity contribution in [2.24, 2.45) is 0 Å². The maximum absolute atomic E-state index is 11.4. The van der Waals surface area contributed by atoms with E-state index in [2.05, 4.69) is 10.3 Å². The van der Waals surface area contributed by atoms with Gasteiger partial charge in [-0.25, -0.2) is 9.78 Å². The molecule has 15 heavy (non-hydrogen) atoms. The smallest absolute Gasteiger partial charge is 0.328 e. The van der Waals surface area contributed by atoms with E-state index in [4.69, 9.17) is 5.73 Å². The molecule has 0 atom stereocenters. The number of nitrogens with zero attached hydrogens (tertiary/aromatic N) is 2. The van der Waals surface area contributed by atoms with Crippen molar-refractivity contribution in [1.82, 2.24) is 10.3 Å². The van der Waals surface area contributed by atoms with Gasteiger partial charge in [0.05, 0.1) is 5.69 Å². The van der Waals surface area contributed by atoms with Gasteiger partial charge >= 0.3 is 6.03 Å². The van der Waals surface area contributed by atoms with Gasteiger partial charge in [0.1, 0.15) is 5.82 Å². The Bertz CT molecular complexity index is 418. The van der Waals surface area contributed by atoms with Crippen LogP contribution in [0, 0.1) is 0 Å². The summed E-state index contributed by atoms with van der Waals surface area (Å²) in [6, 6.07) is 2.85. The first-order chi connectivity index (χ1) is 7.16. The van der Waals surface area contributed by atoms with Crippen molar-refractivity contribution < 1.29 is 9.59 Å². The number of hydrogen-bond donors (Lipinski definition) is 2. The number of carbonyl (C=O) groups is 2. The van der Waals surface area contributed by atoms with E-state index in [1.165, 1.54) is 11.1 Å². The van der Waals surface area contributed by atoms with Crippen LogP contribution in [0.4, 0.5) is 16.3 Å². The van der Waals surface area contributed by atoms with Gasteiger partial charge in [-0.3, -0.25) is 15.0 Å². The zero-order chi connectivity index (χ0) is 10.8. The number of hydrogen-bond acceptors (Lipinski definition) is 4. The summed E-state index contributed by atoms with van der Waals surface area (Å²) in [5.74, 6) is 0.0930. The van der Waals surface area contributed by atoms with Crippen molar-refractivity contribution in [2.75, 3.05) is 17.2 Å². The normalized spacial score (nSPS) is 16.4. The van der Waals surface area contributed by atoms with Crippen LogP contribution in [-0.4, -0.2) is 23.5 Å². The Morgan fingerprint density at radius 2 is 2.27 bits per heavy atom. The van der Waals surface area contributed by atoms with Gasteiger partial charge in [-0.05, 0) is 6.07 Å². The molecule has 3 N–H and O–H groups in total. The molecule has 0 aromatic carbocycles. The highest BCUT2D eigenvalue weighted by molar-refractivity contribution is 6.05. The van der Waals surface area contributed by atoms with E-state index in [0.717, 1.165) is 0 Å². The standard InChI is InChI=1S/C9H10N4O2/c10-7-5-6(1-3-11-7)13-4-2-8(14)12-9(13)15/h1,3,5H,2,4H2,(H2,10,11)(H,12,14,15). The molecule has 1 aliphatic rings. The molecule has 6 nitrogen and oxygen atoms in total. The first kappa shape index (κ1) is 9.45. The number of anilines is 2. The minimum atomic E-state index is -0.420. The molecule has 1 aromatic heterocycles. The maximum Gasteiger partial charge on any atom is 0.328 e. The fourth-order valence-electron chi connectivity index (χ4n) is 1.41. The summed E-state index contributed by atoms with van der Waals surface area (Å²) >= 11 is 0. The molecule has 0 bridgehead atoms. The van der Waals surface area contributed by atoms with E-state index < -0.39 is 6.03 Å². The summed E-state index contributed by atoms with van der Waals surface area (Å²) in [5, 5.41) is 2.23. The number of imide groups is 1. The molecule has 0 spiro atoms. The van der Waals surface area contributed by atoms with E-state index in [-0.39, 0.29) is 5.91 Å². The third-order valence-electron chi connectivity index (χ3n) is 2.13. The van der Waals surface area contributed by atoms with Gasteiger partial charge in [-0.2, -0.15) is 0 Å². The molecule has 3 amide bonds. The lowest BCUT2D eigenvalue weighted by atomic mass is 10.2. The van der Waals surface area contributed by atoms with E-state index in [1.807, 2.05) is 0 Å². The molecule has 78 valence electrons. The SMILES string of the molecule is Nc1cc(N2CCC(=O)NC2=O)ccn1. The molecule has 0 radical (unpaired) electrons. The monoisotopic (exact) mass is 206 g/mol. The Morgan fingerprint density at radius 3 is 2.93 bits per heavy atom. The molecule has 1 saturated heterocycles. The quantitative estimate of drug-likeness (QED) is 0.682. The van der Waals surface area contributed by atoms with Gasteiger partial charge in [-0.1, -0.05) is 0 Å². The van der Waals surface area contributed by atoms with E-state index >= 15 is 0 Å². The van der Waals surface area contributed by atoms with Crippen LogP contribution < -0.4 is 16.0 Å².